The first-order valence-corrected chi connectivity index (χ1v) is 12.5. The van der Waals surface area contributed by atoms with Crippen LogP contribution in [0.3, 0.4) is 0 Å². The Balaban J connectivity index is 1.38. The third-order valence-electron chi connectivity index (χ3n) is 6.63. The van der Waals surface area contributed by atoms with Crippen molar-refractivity contribution >= 4 is 34.6 Å². The van der Waals surface area contributed by atoms with Crippen LogP contribution in [-0.2, 0) is 19.5 Å². The lowest BCUT2D eigenvalue weighted by Crippen LogP contribution is -2.34. The summed E-state index contributed by atoms with van der Waals surface area (Å²) in [5, 5.41) is 13.5. The number of hydrogen-bond donors (Lipinski definition) is 1. The third kappa shape index (κ3) is 5.25. The number of nitrogens with one attached hydrogen (secondary N) is 1. The molecule has 1 N–H and O–H groups in total. The maximum Gasteiger partial charge on any atom is 0.326 e. The number of ether oxygens (including phenoxy) is 1. The standard InChI is InChI=1S/C29H25ClFN5O2/c1-38-28-15-21(8-10-33-28)17-34-29(37)36-26-7-5-20(16-32)13-22(26)23-18-35(12-9-27(23)36)11-2-3-19-4-6-25(31)24(30)14-19/h2-8,10,13-15H,9,11-12,17-18H2,1H3,(H,34,37). The number of carbonyl (C=O) groups excluding carboxylic acids is 1. The molecule has 38 heavy (non-hydrogen) atoms. The van der Waals surface area contributed by atoms with E-state index in [-0.39, 0.29) is 11.1 Å². The predicted molar refractivity (Wildman–Crippen MR) is 145 cm³/mol. The van der Waals surface area contributed by atoms with Crippen molar-refractivity contribution in [2.24, 2.45) is 0 Å². The zero-order chi connectivity index (χ0) is 26.6. The van der Waals surface area contributed by atoms with Gasteiger partial charge in [-0.2, -0.15) is 5.26 Å². The van der Waals surface area contributed by atoms with Crippen molar-refractivity contribution in [2.45, 2.75) is 19.5 Å². The normalized spacial score (nSPS) is 13.4. The summed E-state index contributed by atoms with van der Waals surface area (Å²) in [5.41, 5.74) is 5.02. The highest BCUT2D eigenvalue weighted by molar-refractivity contribution is 6.30. The van der Waals surface area contributed by atoms with E-state index in [0.717, 1.165) is 39.8 Å². The fraction of sp³-hybridized carbons (Fsp3) is 0.207. The Kier molecular flexibility index (Phi) is 7.40. The second-order valence-corrected chi connectivity index (χ2v) is 9.44. The molecule has 192 valence electrons. The summed E-state index contributed by atoms with van der Waals surface area (Å²) in [6.45, 7) is 2.40. The number of fused-ring (bicyclic) bond motifs is 3. The maximum atomic E-state index is 13.4. The highest BCUT2D eigenvalue weighted by atomic mass is 35.5. The number of hydrogen-bond acceptors (Lipinski definition) is 5. The molecule has 7 nitrogen and oxygen atoms in total. The van der Waals surface area contributed by atoms with Crippen molar-refractivity contribution in [3.63, 3.8) is 0 Å². The Labute approximate surface area is 224 Å². The van der Waals surface area contributed by atoms with Crippen LogP contribution in [0, 0.1) is 17.1 Å². The third-order valence-corrected chi connectivity index (χ3v) is 6.92. The van der Waals surface area contributed by atoms with Crippen LogP contribution in [0.25, 0.3) is 17.0 Å². The smallest absolute Gasteiger partial charge is 0.326 e. The molecule has 9 heteroatoms. The molecule has 1 amide bonds. The lowest BCUT2D eigenvalue weighted by molar-refractivity contribution is 0.240. The molecule has 0 saturated carbocycles. The van der Waals surface area contributed by atoms with Crippen LogP contribution in [0.15, 0.2) is 60.8 Å². The van der Waals surface area contributed by atoms with Gasteiger partial charge in [0.2, 0.25) is 5.88 Å². The number of halogens is 2. The van der Waals surface area contributed by atoms with Gasteiger partial charge < -0.3 is 10.1 Å². The van der Waals surface area contributed by atoms with Gasteiger partial charge in [0.1, 0.15) is 5.82 Å². The summed E-state index contributed by atoms with van der Waals surface area (Å²) in [4.78, 5) is 19.8. The van der Waals surface area contributed by atoms with Gasteiger partial charge in [-0.1, -0.05) is 29.8 Å². The SMILES string of the molecule is COc1cc(CNC(=O)n2c3c(c4cc(C#N)ccc42)CN(CC=Cc2ccc(F)c(Cl)c2)CC3)ccn1. The van der Waals surface area contributed by atoms with E-state index >= 15 is 0 Å². The first kappa shape index (κ1) is 25.5. The average Bonchev–Trinajstić information content (AvgIpc) is 3.26. The molecule has 0 spiro atoms. The predicted octanol–water partition coefficient (Wildman–Crippen LogP) is 5.54. The summed E-state index contributed by atoms with van der Waals surface area (Å²) in [6.07, 6.45) is 6.26. The lowest BCUT2D eigenvalue weighted by atomic mass is 10.0. The van der Waals surface area contributed by atoms with Gasteiger partial charge in [-0.05, 0) is 53.1 Å². The number of benzene rings is 2. The molecule has 2 aromatic heterocycles. The Bertz CT molecular complexity index is 1590. The summed E-state index contributed by atoms with van der Waals surface area (Å²) in [7, 11) is 1.55. The van der Waals surface area contributed by atoms with Crippen molar-refractivity contribution in [3.8, 4) is 11.9 Å². The second kappa shape index (κ2) is 11.1. The van der Waals surface area contributed by atoms with Gasteiger partial charge in [-0.25, -0.2) is 14.2 Å². The largest absolute Gasteiger partial charge is 0.481 e. The van der Waals surface area contributed by atoms with E-state index < -0.39 is 5.82 Å². The van der Waals surface area contributed by atoms with Crippen LogP contribution < -0.4 is 10.1 Å². The Morgan fingerprint density at radius 2 is 2.13 bits per heavy atom. The average molecular weight is 530 g/mol. The van der Waals surface area contributed by atoms with Crippen molar-refractivity contribution in [2.75, 3.05) is 20.2 Å². The van der Waals surface area contributed by atoms with Gasteiger partial charge in [0, 0.05) is 55.9 Å². The minimum absolute atomic E-state index is 0.0946. The number of nitriles is 1. The Hall–Kier alpha value is -4.19. The zero-order valence-electron chi connectivity index (χ0n) is 20.7. The summed E-state index contributed by atoms with van der Waals surface area (Å²) < 4.78 is 20.3. The first-order valence-electron chi connectivity index (χ1n) is 12.1. The molecule has 2 aromatic carbocycles. The van der Waals surface area contributed by atoms with E-state index in [1.807, 2.05) is 30.4 Å². The van der Waals surface area contributed by atoms with E-state index in [4.69, 9.17) is 16.3 Å². The van der Waals surface area contributed by atoms with Crippen LogP contribution in [0.2, 0.25) is 5.02 Å². The number of carbonyl (C=O) groups is 1. The van der Waals surface area contributed by atoms with Crippen molar-refractivity contribution in [1.29, 1.82) is 5.26 Å². The van der Waals surface area contributed by atoms with Crippen LogP contribution >= 0.6 is 11.6 Å². The van der Waals surface area contributed by atoms with Crippen LogP contribution in [0.5, 0.6) is 5.88 Å². The highest BCUT2D eigenvalue weighted by Gasteiger charge is 2.26. The lowest BCUT2D eigenvalue weighted by Gasteiger charge is -2.27. The number of methoxy groups -OCH3 is 1. The molecular formula is C29H25ClFN5O2. The topological polar surface area (TPSA) is 83.2 Å². The fourth-order valence-corrected chi connectivity index (χ4v) is 4.94. The molecule has 0 unspecified atom stereocenters. The van der Waals surface area contributed by atoms with Gasteiger partial charge in [-0.3, -0.25) is 9.47 Å². The van der Waals surface area contributed by atoms with Gasteiger partial charge in [0.15, 0.2) is 0 Å². The molecular weight excluding hydrogens is 505 g/mol. The summed E-state index contributed by atoms with van der Waals surface area (Å²) in [6, 6.07) is 15.7. The van der Waals surface area contributed by atoms with Gasteiger partial charge in [-0.15, -0.1) is 0 Å². The van der Waals surface area contributed by atoms with Crippen molar-refractivity contribution < 1.29 is 13.9 Å². The molecule has 1 aliphatic rings. The maximum absolute atomic E-state index is 13.4. The molecule has 0 fully saturated rings. The van der Waals surface area contributed by atoms with Crippen molar-refractivity contribution in [1.82, 2.24) is 19.8 Å². The molecule has 5 rings (SSSR count). The fourth-order valence-electron chi connectivity index (χ4n) is 4.75. The zero-order valence-corrected chi connectivity index (χ0v) is 21.5. The van der Waals surface area contributed by atoms with E-state index in [0.29, 0.717) is 37.5 Å². The van der Waals surface area contributed by atoms with Crippen LogP contribution in [-0.4, -0.2) is 40.7 Å². The minimum Gasteiger partial charge on any atom is -0.481 e. The van der Waals surface area contributed by atoms with Gasteiger partial charge in [0.25, 0.3) is 0 Å². The van der Waals surface area contributed by atoms with E-state index in [9.17, 15) is 14.4 Å². The van der Waals surface area contributed by atoms with Gasteiger partial charge in [0.05, 0.1) is 29.3 Å². The molecule has 4 aromatic rings. The molecule has 0 aliphatic carbocycles. The highest BCUT2D eigenvalue weighted by Crippen LogP contribution is 2.32. The Morgan fingerprint density at radius 1 is 1.26 bits per heavy atom. The number of amides is 1. The first-order chi connectivity index (χ1) is 18.5. The molecule has 0 radical (unpaired) electrons. The van der Waals surface area contributed by atoms with E-state index in [1.54, 1.807) is 42.1 Å². The molecule has 1 aliphatic heterocycles. The van der Waals surface area contributed by atoms with Crippen molar-refractivity contribution in [3.05, 3.63) is 99.6 Å². The number of rotatable bonds is 6. The van der Waals surface area contributed by atoms with E-state index in [1.165, 1.54) is 6.07 Å². The van der Waals surface area contributed by atoms with Crippen LogP contribution in [0.4, 0.5) is 9.18 Å². The Morgan fingerprint density at radius 3 is 2.92 bits per heavy atom. The molecule has 0 atom stereocenters. The quantitative estimate of drug-likeness (QED) is 0.354. The minimum atomic E-state index is -0.440. The molecule has 0 saturated heterocycles. The molecule has 3 heterocycles. The monoisotopic (exact) mass is 529 g/mol. The van der Waals surface area contributed by atoms with Gasteiger partial charge >= 0.3 is 6.03 Å². The second-order valence-electron chi connectivity index (χ2n) is 9.03. The number of pyridine rings is 1. The summed E-state index contributed by atoms with van der Waals surface area (Å²) >= 11 is 5.89. The number of aromatic nitrogens is 2. The van der Waals surface area contributed by atoms with E-state index in [2.05, 4.69) is 21.3 Å². The molecule has 0 bridgehead atoms. The number of nitrogens with zero attached hydrogens (tertiary/aromatic N) is 4. The van der Waals surface area contributed by atoms with Crippen LogP contribution in [0.1, 0.15) is 27.9 Å². The summed E-state index contributed by atoms with van der Waals surface area (Å²) in [5.74, 6) is 0.0475.